The molecule has 4 nitrogen and oxygen atoms in total. The van der Waals surface area contributed by atoms with E-state index in [1.54, 1.807) is 0 Å². The van der Waals surface area contributed by atoms with Crippen molar-refractivity contribution in [3.05, 3.63) is 132 Å². The van der Waals surface area contributed by atoms with E-state index in [2.05, 4.69) is 61.0 Å². The largest absolute Gasteiger partial charge is 0.479 e. The van der Waals surface area contributed by atoms with Gasteiger partial charge in [0.05, 0.1) is 5.70 Å². The van der Waals surface area contributed by atoms with Gasteiger partial charge in [0, 0.05) is 28.9 Å². The quantitative estimate of drug-likeness (QED) is 0.235. The van der Waals surface area contributed by atoms with E-state index in [9.17, 15) is 9.90 Å². The molecule has 0 saturated heterocycles. The van der Waals surface area contributed by atoms with Crippen LogP contribution in [0.25, 0.3) is 11.3 Å². The first-order valence-electron chi connectivity index (χ1n) is 13.0. The Balaban J connectivity index is 1.78. The lowest BCUT2D eigenvalue weighted by Crippen LogP contribution is -2.70. The van der Waals surface area contributed by atoms with Crippen LogP contribution >= 0.6 is 15.9 Å². The molecule has 6 heteroatoms. The number of hydrogen-bond acceptors (Lipinski definition) is 2. The summed E-state index contributed by atoms with van der Waals surface area (Å²) in [5, 5.41) is 12.7. The van der Waals surface area contributed by atoms with Crippen molar-refractivity contribution in [1.29, 1.82) is 0 Å². The van der Waals surface area contributed by atoms with Crippen molar-refractivity contribution in [3.63, 3.8) is 0 Å². The molecule has 39 heavy (non-hydrogen) atoms. The molecule has 1 unspecified atom stereocenters. The van der Waals surface area contributed by atoms with Crippen molar-refractivity contribution in [2.24, 2.45) is 0 Å². The fourth-order valence-electron chi connectivity index (χ4n) is 5.58. The summed E-state index contributed by atoms with van der Waals surface area (Å²) in [7, 11) is -3.20. The summed E-state index contributed by atoms with van der Waals surface area (Å²) in [6.07, 6.45) is 5.87. The number of aliphatic carboxylic acids is 1. The van der Waals surface area contributed by atoms with Crippen molar-refractivity contribution in [3.8, 4) is 0 Å². The van der Waals surface area contributed by atoms with E-state index >= 15 is 0 Å². The molecule has 3 aromatic carbocycles. The van der Waals surface area contributed by atoms with E-state index < -0.39 is 19.9 Å². The Morgan fingerprint density at radius 1 is 0.846 bits per heavy atom. The summed E-state index contributed by atoms with van der Waals surface area (Å²) in [4.78, 5) is 13.4. The number of carboxylic acids is 1. The van der Waals surface area contributed by atoms with Crippen molar-refractivity contribution in [2.75, 3.05) is 0 Å². The summed E-state index contributed by atoms with van der Waals surface area (Å²) >= 11 is 3.83. The summed E-state index contributed by atoms with van der Waals surface area (Å²) in [5.41, 5.74) is 1.12. The molecule has 0 spiro atoms. The first kappa shape index (κ1) is 27.1. The Bertz CT molecular complexity index is 1470. The Labute approximate surface area is 239 Å². The van der Waals surface area contributed by atoms with Gasteiger partial charge in [-0.15, -0.1) is 0 Å². The highest BCUT2D eigenvalue weighted by molar-refractivity contribution is 9.11. The van der Waals surface area contributed by atoms with Crippen LogP contribution in [-0.2, 0) is 9.22 Å². The summed E-state index contributed by atoms with van der Waals surface area (Å²) < 4.78 is 10.1. The van der Waals surface area contributed by atoms with Gasteiger partial charge in [-0.05, 0) is 39.2 Å². The second kappa shape index (κ2) is 10.6. The van der Waals surface area contributed by atoms with Gasteiger partial charge in [0.15, 0.2) is 5.60 Å². The number of carboxylic acid groups (broad SMARTS) is 1. The number of nitrogens with zero attached hydrogens (tertiary/aromatic N) is 1. The molecule has 1 heterocycles. The molecule has 0 amide bonds. The Morgan fingerprint density at radius 2 is 1.33 bits per heavy atom. The molecule has 1 aliphatic rings. The maximum atomic E-state index is 13.4. The minimum atomic E-state index is -3.20. The molecule has 0 radical (unpaired) electrons. The van der Waals surface area contributed by atoms with Crippen LogP contribution in [0, 0.1) is 0 Å². The van der Waals surface area contributed by atoms with Crippen molar-refractivity contribution in [1.82, 2.24) is 4.57 Å². The van der Waals surface area contributed by atoms with Crippen molar-refractivity contribution >= 4 is 51.9 Å². The predicted octanol–water partition coefficient (Wildman–Crippen LogP) is 6.94. The molecule has 198 valence electrons. The second-order valence-electron chi connectivity index (χ2n) is 10.9. The van der Waals surface area contributed by atoms with Gasteiger partial charge < -0.3 is 14.1 Å². The topological polar surface area (TPSA) is 51.5 Å². The third-order valence-corrected chi connectivity index (χ3v) is 13.1. The number of benzene rings is 3. The number of allylic oxidation sites excluding steroid dienone is 2. The Hall–Kier alpha value is -3.45. The summed E-state index contributed by atoms with van der Waals surface area (Å²) in [6.45, 7) is 6.48. The van der Waals surface area contributed by atoms with E-state index in [0.29, 0.717) is 0 Å². The molecule has 1 N–H and O–H groups in total. The lowest BCUT2D eigenvalue weighted by molar-refractivity contribution is -0.151. The first-order chi connectivity index (χ1) is 18.7. The van der Waals surface area contributed by atoms with Crippen LogP contribution in [0.2, 0.25) is 5.04 Å². The molecule has 0 saturated carbocycles. The van der Waals surface area contributed by atoms with Crippen molar-refractivity contribution < 1.29 is 14.3 Å². The monoisotopic (exact) mass is 597 g/mol. The number of rotatable bonds is 7. The molecular weight excluding hydrogens is 566 g/mol. The minimum absolute atomic E-state index is 0.168. The second-order valence-corrected chi connectivity index (χ2v) is 16.1. The van der Waals surface area contributed by atoms with Gasteiger partial charge in [0.2, 0.25) is 0 Å². The van der Waals surface area contributed by atoms with Crippen LogP contribution < -0.4 is 10.4 Å². The fourth-order valence-corrected chi connectivity index (χ4v) is 11.1. The van der Waals surface area contributed by atoms with E-state index in [0.717, 1.165) is 31.7 Å². The van der Waals surface area contributed by atoms with Crippen molar-refractivity contribution in [2.45, 2.75) is 37.8 Å². The third-order valence-electron chi connectivity index (χ3n) is 7.37. The molecule has 0 bridgehead atoms. The van der Waals surface area contributed by atoms with Gasteiger partial charge >= 0.3 is 5.97 Å². The zero-order valence-corrected chi connectivity index (χ0v) is 24.9. The van der Waals surface area contributed by atoms with Gasteiger partial charge in [0.25, 0.3) is 8.32 Å². The molecule has 0 fully saturated rings. The van der Waals surface area contributed by atoms with Gasteiger partial charge in [0.1, 0.15) is 0 Å². The summed E-state index contributed by atoms with van der Waals surface area (Å²) in [5.74, 6) is -1.01. The van der Waals surface area contributed by atoms with Gasteiger partial charge in [-0.3, -0.25) is 0 Å². The molecule has 5 rings (SSSR count). The van der Waals surface area contributed by atoms with E-state index in [4.69, 9.17) is 4.43 Å². The molecule has 4 aromatic rings. The highest BCUT2D eigenvalue weighted by Crippen LogP contribution is 2.47. The highest BCUT2D eigenvalue weighted by Gasteiger charge is 2.57. The molecule has 1 aromatic heterocycles. The van der Waals surface area contributed by atoms with Gasteiger partial charge in [-0.1, -0.05) is 128 Å². The lowest BCUT2D eigenvalue weighted by Gasteiger charge is -2.48. The minimum Gasteiger partial charge on any atom is -0.479 e. The molecule has 1 atom stereocenters. The maximum absolute atomic E-state index is 13.4. The number of halogens is 1. The van der Waals surface area contributed by atoms with Crippen LogP contribution in [-0.4, -0.2) is 29.6 Å². The average Bonchev–Trinajstić information content (AvgIpc) is 3.47. The molecule has 1 aliphatic carbocycles. The Morgan fingerprint density at radius 3 is 1.79 bits per heavy atom. The fraction of sp³-hybridized carbons (Fsp3) is 0.182. The standard InChI is InChI=1S/C33H32BrNO3Si/c1-32(2,3)39(26-17-9-5-10-18-26,27-19-11-6-12-20-27)38-33(31(36)37)23-28(34)30(25-15-7-4-8-16-25)29(24-33)35-21-13-14-22-35/h4-22,24H,23H2,1-3H3,(H,36,37). The number of carbonyl (C=O) groups is 1. The van der Waals surface area contributed by atoms with Crippen LogP contribution in [0.5, 0.6) is 0 Å². The maximum Gasteiger partial charge on any atom is 0.339 e. The number of aromatic nitrogens is 1. The smallest absolute Gasteiger partial charge is 0.339 e. The highest BCUT2D eigenvalue weighted by atomic mass is 79.9. The predicted molar refractivity (Wildman–Crippen MR) is 165 cm³/mol. The van der Waals surface area contributed by atoms with Crippen LogP contribution in [0.3, 0.4) is 0 Å². The molecule has 0 aliphatic heterocycles. The first-order valence-corrected chi connectivity index (χ1v) is 15.7. The van der Waals surface area contributed by atoms with Crippen LogP contribution in [0.15, 0.2) is 126 Å². The van der Waals surface area contributed by atoms with Gasteiger partial charge in [-0.2, -0.15) is 0 Å². The Kier molecular flexibility index (Phi) is 7.38. The van der Waals surface area contributed by atoms with E-state index in [1.807, 2.05) is 102 Å². The zero-order chi connectivity index (χ0) is 27.7. The van der Waals surface area contributed by atoms with Crippen LogP contribution in [0.1, 0.15) is 32.8 Å². The molecular formula is C33H32BrNO3Si. The average molecular weight is 599 g/mol. The van der Waals surface area contributed by atoms with E-state index in [-0.39, 0.29) is 11.5 Å². The number of hydrogen-bond donors (Lipinski definition) is 1. The van der Waals surface area contributed by atoms with Gasteiger partial charge in [-0.25, -0.2) is 4.79 Å². The lowest BCUT2D eigenvalue weighted by atomic mass is 9.87. The zero-order valence-electron chi connectivity index (χ0n) is 22.3. The SMILES string of the molecule is CC(C)(C)[Si](OC1(C(=O)O)C=C(n2cccc2)C(c2ccccc2)=C(Br)C1)(c1ccccc1)c1ccccc1. The van der Waals surface area contributed by atoms with E-state index in [1.165, 1.54) is 0 Å². The van der Waals surface area contributed by atoms with Crippen LogP contribution in [0.4, 0.5) is 0 Å². The summed E-state index contributed by atoms with van der Waals surface area (Å²) in [6, 6.07) is 34.3. The normalized spacial score (nSPS) is 18.1. The third kappa shape index (κ3) is 4.89.